The van der Waals surface area contributed by atoms with Crippen LogP contribution in [0.15, 0.2) is 47.4 Å². The molecule has 0 unspecified atom stereocenters. The van der Waals surface area contributed by atoms with Crippen LogP contribution in [0.3, 0.4) is 0 Å². The second-order valence-electron chi connectivity index (χ2n) is 4.69. The Hall–Kier alpha value is -2.63. The molecule has 1 N–H and O–H groups in total. The fraction of sp³-hybridized carbons (Fsp3) is 0.267. The summed E-state index contributed by atoms with van der Waals surface area (Å²) in [4.78, 5) is 22.3. The lowest BCUT2D eigenvalue weighted by atomic mass is 10.1. The van der Waals surface area contributed by atoms with Gasteiger partial charge in [0.15, 0.2) is 0 Å². The van der Waals surface area contributed by atoms with Gasteiger partial charge in [0.1, 0.15) is 0 Å². The van der Waals surface area contributed by atoms with E-state index in [1.807, 2.05) is 6.92 Å². The van der Waals surface area contributed by atoms with Crippen LogP contribution >= 0.6 is 0 Å². The number of nitrogens with one attached hydrogen (secondary N) is 1. The second kappa shape index (κ2) is 6.69. The lowest BCUT2D eigenvalue weighted by molar-refractivity contribution is -0.384. The van der Waals surface area contributed by atoms with Crippen LogP contribution in [0.25, 0.3) is 0 Å². The molecule has 0 amide bonds. The standard InChI is InChI=1S/C15H17N3O3/c1-2-8-16-14-7-6-13(18(20)21)10-12(14)11-17-9-4-3-5-15(17)19/h3-7,9-10,16H,2,8,11H2,1H3. The molecule has 6 heteroatoms. The minimum atomic E-state index is -0.430. The number of nitrogens with zero attached hydrogens (tertiary/aromatic N) is 2. The molecule has 1 aromatic heterocycles. The van der Waals surface area contributed by atoms with Gasteiger partial charge in [-0.25, -0.2) is 0 Å². The molecule has 110 valence electrons. The smallest absolute Gasteiger partial charge is 0.269 e. The maximum atomic E-state index is 11.8. The summed E-state index contributed by atoms with van der Waals surface area (Å²) in [6, 6.07) is 9.57. The van der Waals surface area contributed by atoms with E-state index >= 15 is 0 Å². The highest BCUT2D eigenvalue weighted by Gasteiger charge is 2.11. The quantitative estimate of drug-likeness (QED) is 0.654. The first-order valence-electron chi connectivity index (χ1n) is 6.78. The first kappa shape index (κ1) is 14.8. The molecule has 1 aromatic carbocycles. The molecule has 2 rings (SSSR count). The summed E-state index contributed by atoms with van der Waals surface area (Å²) in [6.45, 7) is 3.11. The van der Waals surface area contributed by atoms with Gasteiger partial charge in [-0.05, 0) is 18.6 Å². The summed E-state index contributed by atoms with van der Waals surface area (Å²) in [6.07, 6.45) is 2.62. The highest BCUT2D eigenvalue weighted by Crippen LogP contribution is 2.22. The number of rotatable bonds is 6. The molecule has 0 aliphatic carbocycles. The Kier molecular flexibility index (Phi) is 4.71. The first-order chi connectivity index (χ1) is 10.1. The van der Waals surface area contributed by atoms with Crippen molar-refractivity contribution in [3.63, 3.8) is 0 Å². The molecule has 1 heterocycles. The van der Waals surface area contributed by atoms with E-state index in [0.717, 1.165) is 24.2 Å². The zero-order chi connectivity index (χ0) is 15.2. The van der Waals surface area contributed by atoms with E-state index in [2.05, 4.69) is 5.32 Å². The van der Waals surface area contributed by atoms with Crippen molar-refractivity contribution >= 4 is 11.4 Å². The van der Waals surface area contributed by atoms with Crippen molar-refractivity contribution in [2.75, 3.05) is 11.9 Å². The van der Waals surface area contributed by atoms with Gasteiger partial charge in [-0.3, -0.25) is 14.9 Å². The fourth-order valence-corrected chi connectivity index (χ4v) is 2.03. The summed E-state index contributed by atoms with van der Waals surface area (Å²) in [5.74, 6) is 0. The molecule has 0 spiro atoms. The van der Waals surface area contributed by atoms with Crippen LogP contribution < -0.4 is 10.9 Å². The Bertz CT molecular complexity index is 695. The van der Waals surface area contributed by atoms with Crippen LogP contribution in [0.1, 0.15) is 18.9 Å². The van der Waals surface area contributed by atoms with Crippen molar-refractivity contribution in [2.24, 2.45) is 0 Å². The van der Waals surface area contributed by atoms with E-state index in [-0.39, 0.29) is 11.2 Å². The third-order valence-corrected chi connectivity index (χ3v) is 3.10. The molecule has 0 aliphatic heterocycles. The summed E-state index contributed by atoms with van der Waals surface area (Å²) in [7, 11) is 0. The highest BCUT2D eigenvalue weighted by atomic mass is 16.6. The van der Waals surface area contributed by atoms with E-state index in [9.17, 15) is 14.9 Å². The Morgan fingerprint density at radius 3 is 2.76 bits per heavy atom. The van der Waals surface area contributed by atoms with Crippen LogP contribution in [0.2, 0.25) is 0 Å². The zero-order valence-corrected chi connectivity index (χ0v) is 11.8. The molecule has 2 aromatic rings. The van der Waals surface area contributed by atoms with Gasteiger partial charge in [-0.1, -0.05) is 13.0 Å². The predicted molar refractivity (Wildman–Crippen MR) is 81.7 cm³/mol. The molecule has 21 heavy (non-hydrogen) atoms. The lowest BCUT2D eigenvalue weighted by Gasteiger charge is -2.12. The van der Waals surface area contributed by atoms with Gasteiger partial charge < -0.3 is 9.88 Å². The molecule has 0 saturated carbocycles. The summed E-state index contributed by atoms with van der Waals surface area (Å²) >= 11 is 0. The average Bonchev–Trinajstić information content (AvgIpc) is 2.48. The van der Waals surface area contributed by atoms with Crippen molar-refractivity contribution in [2.45, 2.75) is 19.9 Å². The van der Waals surface area contributed by atoms with Crippen LogP contribution in [0, 0.1) is 10.1 Å². The van der Waals surface area contributed by atoms with Crippen LogP contribution in [0.4, 0.5) is 11.4 Å². The predicted octanol–water partition coefficient (Wildman–Crippen LogP) is 2.63. The minimum absolute atomic E-state index is 0.0241. The Labute approximate surface area is 122 Å². The number of non-ortho nitro benzene ring substituents is 1. The van der Waals surface area contributed by atoms with Crippen molar-refractivity contribution in [3.8, 4) is 0 Å². The second-order valence-corrected chi connectivity index (χ2v) is 4.69. The van der Waals surface area contributed by atoms with Gasteiger partial charge in [0.2, 0.25) is 0 Å². The van der Waals surface area contributed by atoms with Gasteiger partial charge >= 0.3 is 0 Å². The van der Waals surface area contributed by atoms with E-state index in [4.69, 9.17) is 0 Å². The molecule has 0 atom stereocenters. The molecule has 6 nitrogen and oxygen atoms in total. The van der Waals surface area contributed by atoms with Crippen LogP contribution in [-0.2, 0) is 6.54 Å². The maximum absolute atomic E-state index is 11.8. The topological polar surface area (TPSA) is 77.2 Å². The summed E-state index contributed by atoms with van der Waals surface area (Å²) in [5, 5.41) is 14.1. The number of hydrogen-bond acceptors (Lipinski definition) is 4. The first-order valence-corrected chi connectivity index (χ1v) is 6.78. The average molecular weight is 287 g/mol. The third kappa shape index (κ3) is 3.68. The van der Waals surface area contributed by atoms with E-state index in [0.29, 0.717) is 6.54 Å². The van der Waals surface area contributed by atoms with Gasteiger partial charge in [0.05, 0.1) is 11.5 Å². The number of hydrogen-bond donors (Lipinski definition) is 1. The molecule has 0 radical (unpaired) electrons. The van der Waals surface area contributed by atoms with Crippen LogP contribution in [-0.4, -0.2) is 16.0 Å². The summed E-state index contributed by atoms with van der Waals surface area (Å²) < 4.78 is 1.52. The number of anilines is 1. The van der Waals surface area contributed by atoms with Gasteiger partial charge in [0.25, 0.3) is 11.2 Å². The fourth-order valence-electron chi connectivity index (χ4n) is 2.03. The Morgan fingerprint density at radius 1 is 1.29 bits per heavy atom. The van der Waals surface area contributed by atoms with Gasteiger partial charge in [0, 0.05) is 42.2 Å². The third-order valence-electron chi connectivity index (χ3n) is 3.10. The molecule has 0 fully saturated rings. The minimum Gasteiger partial charge on any atom is -0.385 e. The normalized spacial score (nSPS) is 10.3. The number of pyridine rings is 1. The number of aromatic nitrogens is 1. The van der Waals surface area contributed by atoms with Crippen molar-refractivity contribution < 1.29 is 4.92 Å². The van der Waals surface area contributed by atoms with Gasteiger partial charge in [-0.2, -0.15) is 0 Å². The molecule has 0 saturated heterocycles. The molecular weight excluding hydrogens is 270 g/mol. The van der Waals surface area contributed by atoms with Crippen LogP contribution in [0.5, 0.6) is 0 Å². The van der Waals surface area contributed by atoms with E-state index < -0.39 is 4.92 Å². The summed E-state index contributed by atoms with van der Waals surface area (Å²) in [5.41, 5.74) is 1.44. The van der Waals surface area contributed by atoms with E-state index in [1.165, 1.54) is 22.8 Å². The highest BCUT2D eigenvalue weighted by molar-refractivity contribution is 5.56. The number of nitro groups is 1. The number of nitro benzene ring substituents is 1. The molecular formula is C15H17N3O3. The van der Waals surface area contributed by atoms with Gasteiger partial charge in [-0.15, -0.1) is 0 Å². The van der Waals surface area contributed by atoms with E-state index in [1.54, 1.807) is 24.4 Å². The van der Waals surface area contributed by atoms with Crippen molar-refractivity contribution in [3.05, 3.63) is 68.6 Å². The maximum Gasteiger partial charge on any atom is 0.269 e. The molecule has 0 bridgehead atoms. The van der Waals surface area contributed by atoms with Crippen molar-refractivity contribution in [1.82, 2.24) is 4.57 Å². The number of benzene rings is 1. The largest absolute Gasteiger partial charge is 0.385 e. The zero-order valence-electron chi connectivity index (χ0n) is 11.8. The SMILES string of the molecule is CCCNc1ccc([N+](=O)[O-])cc1Cn1ccccc1=O. The lowest BCUT2D eigenvalue weighted by Crippen LogP contribution is -2.19. The monoisotopic (exact) mass is 287 g/mol. The molecule has 0 aliphatic rings. The Morgan fingerprint density at radius 2 is 2.10 bits per heavy atom. The van der Waals surface area contributed by atoms with Crippen molar-refractivity contribution in [1.29, 1.82) is 0 Å². The Balaban J connectivity index is 2.38.